The molecule has 0 aliphatic rings. The van der Waals surface area contributed by atoms with E-state index in [9.17, 15) is 18.8 Å². The van der Waals surface area contributed by atoms with Crippen molar-refractivity contribution >= 4 is 34.9 Å². The number of benzene rings is 2. The van der Waals surface area contributed by atoms with Gasteiger partial charge in [-0.15, -0.1) is 0 Å². The summed E-state index contributed by atoms with van der Waals surface area (Å²) in [5, 5.41) is 2.48. The van der Waals surface area contributed by atoms with E-state index >= 15 is 0 Å². The van der Waals surface area contributed by atoms with E-state index < -0.39 is 30.4 Å². The highest BCUT2D eigenvalue weighted by molar-refractivity contribution is 6.33. The van der Waals surface area contributed by atoms with Gasteiger partial charge in [0, 0.05) is 12.0 Å². The molecule has 0 spiro atoms. The second-order valence-electron chi connectivity index (χ2n) is 5.84. The van der Waals surface area contributed by atoms with E-state index in [1.807, 2.05) is 0 Å². The van der Waals surface area contributed by atoms with Gasteiger partial charge in [0.05, 0.1) is 10.7 Å². The van der Waals surface area contributed by atoms with Crippen molar-refractivity contribution in [2.75, 3.05) is 11.9 Å². The van der Waals surface area contributed by atoms with Crippen LogP contribution in [0.1, 0.15) is 30.6 Å². The molecule has 8 heteroatoms. The lowest BCUT2D eigenvalue weighted by molar-refractivity contribution is -0.155. The number of Topliss-reactive ketones (excluding diaryl/α,β-unsaturated/α-hetero) is 1. The molecule has 0 bridgehead atoms. The average Bonchev–Trinajstić information content (AvgIpc) is 2.68. The van der Waals surface area contributed by atoms with Crippen LogP contribution in [0, 0.1) is 5.82 Å². The average molecular weight is 408 g/mol. The van der Waals surface area contributed by atoms with Crippen LogP contribution in [-0.2, 0) is 14.3 Å². The second-order valence-corrected chi connectivity index (χ2v) is 6.24. The number of hydrogen-bond donors (Lipinski definition) is 1. The van der Waals surface area contributed by atoms with Crippen LogP contribution in [-0.4, -0.2) is 30.4 Å². The minimum atomic E-state index is -1.11. The maximum Gasteiger partial charge on any atom is 0.344 e. The minimum absolute atomic E-state index is 0.00653. The van der Waals surface area contributed by atoms with Gasteiger partial charge < -0.3 is 14.8 Å². The Morgan fingerprint density at radius 1 is 1.14 bits per heavy atom. The predicted octanol–water partition coefficient (Wildman–Crippen LogP) is 4.02. The number of ether oxygens (including phenoxy) is 2. The summed E-state index contributed by atoms with van der Waals surface area (Å²) in [5.74, 6) is -1.51. The summed E-state index contributed by atoms with van der Waals surface area (Å²) in [6.07, 6.45) is -0.711. The standard InChI is InChI=1S/C20H19ClFNO5/c1-3-18(24)13-4-7-15(8-5-13)27-11-19(25)28-12(2)20(26)23-17-9-6-14(22)10-16(17)21/h4-10,12H,3,11H2,1-2H3,(H,23,26)/t12-/m1/s1. The van der Waals surface area contributed by atoms with Crippen molar-refractivity contribution in [3.63, 3.8) is 0 Å². The van der Waals surface area contributed by atoms with E-state index in [4.69, 9.17) is 21.1 Å². The minimum Gasteiger partial charge on any atom is -0.482 e. The smallest absolute Gasteiger partial charge is 0.344 e. The predicted molar refractivity (Wildman–Crippen MR) is 102 cm³/mol. The topological polar surface area (TPSA) is 81.7 Å². The molecule has 1 atom stereocenters. The molecule has 0 saturated carbocycles. The van der Waals surface area contributed by atoms with Gasteiger partial charge in [-0.3, -0.25) is 9.59 Å². The van der Waals surface area contributed by atoms with Crippen molar-refractivity contribution in [1.82, 2.24) is 0 Å². The van der Waals surface area contributed by atoms with Crippen molar-refractivity contribution < 1.29 is 28.2 Å². The first-order chi connectivity index (χ1) is 13.3. The van der Waals surface area contributed by atoms with Crippen LogP contribution in [0.3, 0.4) is 0 Å². The number of amides is 1. The number of carbonyl (C=O) groups excluding carboxylic acids is 3. The molecular formula is C20H19ClFNO5. The Hall–Kier alpha value is -2.93. The van der Waals surface area contributed by atoms with Gasteiger partial charge in [-0.25, -0.2) is 9.18 Å². The van der Waals surface area contributed by atoms with Crippen LogP contribution in [0.5, 0.6) is 5.75 Å². The summed E-state index contributed by atoms with van der Waals surface area (Å²) < 4.78 is 23.3. The lowest BCUT2D eigenvalue weighted by atomic mass is 10.1. The van der Waals surface area contributed by atoms with Crippen molar-refractivity contribution in [2.24, 2.45) is 0 Å². The first-order valence-corrected chi connectivity index (χ1v) is 8.89. The fourth-order valence-corrected chi connectivity index (χ4v) is 2.41. The molecule has 0 radical (unpaired) electrons. The molecular weight excluding hydrogens is 389 g/mol. The first-order valence-electron chi connectivity index (χ1n) is 8.51. The van der Waals surface area contributed by atoms with Crippen molar-refractivity contribution in [3.05, 3.63) is 58.9 Å². The lowest BCUT2D eigenvalue weighted by Gasteiger charge is -2.14. The van der Waals surface area contributed by atoms with Gasteiger partial charge >= 0.3 is 5.97 Å². The van der Waals surface area contributed by atoms with E-state index in [2.05, 4.69) is 5.32 Å². The number of halogens is 2. The fraction of sp³-hybridized carbons (Fsp3) is 0.250. The molecule has 0 aromatic heterocycles. The zero-order valence-corrected chi connectivity index (χ0v) is 16.1. The third kappa shape index (κ3) is 6.06. The molecule has 1 N–H and O–H groups in total. The molecule has 0 unspecified atom stereocenters. The molecule has 2 rings (SSSR count). The Balaban J connectivity index is 1.83. The fourth-order valence-electron chi connectivity index (χ4n) is 2.19. The molecule has 0 aliphatic heterocycles. The van der Waals surface area contributed by atoms with Gasteiger partial charge in [-0.05, 0) is 49.4 Å². The van der Waals surface area contributed by atoms with E-state index in [0.29, 0.717) is 17.7 Å². The number of hydrogen-bond acceptors (Lipinski definition) is 5. The number of ketones is 1. The number of nitrogens with one attached hydrogen (secondary N) is 1. The molecule has 1 amide bonds. The Labute approximate surface area is 166 Å². The molecule has 148 valence electrons. The third-order valence-electron chi connectivity index (χ3n) is 3.72. The molecule has 2 aromatic rings. The van der Waals surface area contributed by atoms with Gasteiger partial charge in [0.2, 0.25) is 0 Å². The maximum atomic E-state index is 13.0. The highest BCUT2D eigenvalue weighted by Gasteiger charge is 2.19. The Kier molecular flexibility index (Phi) is 7.52. The van der Waals surface area contributed by atoms with Crippen molar-refractivity contribution in [3.8, 4) is 5.75 Å². The lowest BCUT2D eigenvalue weighted by Crippen LogP contribution is -2.31. The SMILES string of the molecule is CCC(=O)c1ccc(OCC(=O)O[C@H](C)C(=O)Nc2ccc(F)cc2Cl)cc1. The number of anilines is 1. The van der Waals surface area contributed by atoms with Gasteiger partial charge in [0.1, 0.15) is 11.6 Å². The summed E-state index contributed by atoms with van der Waals surface area (Å²) in [5.41, 5.74) is 0.760. The quantitative estimate of drug-likeness (QED) is 0.528. The van der Waals surface area contributed by atoms with E-state index in [1.54, 1.807) is 31.2 Å². The Morgan fingerprint density at radius 3 is 2.43 bits per heavy atom. The molecule has 2 aromatic carbocycles. The molecule has 0 saturated heterocycles. The summed E-state index contributed by atoms with van der Waals surface area (Å²) in [6.45, 7) is 2.75. The zero-order valence-electron chi connectivity index (χ0n) is 15.3. The molecule has 0 heterocycles. The van der Waals surface area contributed by atoms with Crippen LogP contribution in [0.25, 0.3) is 0 Å². The largest absolute Gasteiger partial charge is 0.482 e. The van der Waals surface area contributed by atoms with Crippen molar-refractivity contribution in [1.29, 1.82) is 0 Å². The van der Waals surface area contributed by atoms with Gasteiger partial charge in [0.25, 0.3) is 5.91 Å². The monoisotopic (exact) mass is 407 g/mol. The Morgan fingerprint density at radius 2 is 1.82 bits per heavy atom. The van der Waals surface area contributed by atoms with Gasteiger partial charge in [-0.2, -0.15) is 0 Å². The molecule has 6 nitrogen and oxygen atoms in total. The number of carbonyl (C=O) groups is 3. The Bertz CT molecular complexity index is 869. The van der Waals surface area contributed by atoms with E-state index in [-0.39, 0.29) is 16.5 Å². The van der Waals surface area contributed by atoms with Crippen LogP contribution in [0.4, 0.5) is 10.1 Å². The summed E-state index contributed by atoms with van der Waals surface area (Å²) in [4.78, 5) is 35.5. The first kappa shape index (κ1) is 21.4. The molecule has 0 fully saturated rings. The van der Waals surface area contributed by atoms with Crippen LogP contribution in [0.15, 0.2) is 42.5 Å². The maximum absolute atomic E-state index is 13.0. The highest BCUT2D eigenvalue weighted by atomic mass is 35.5. The van der Waals surface area contributed by atoms with Crippen LogP contribution < -0.4 is 10.1 Å². The summed E-state index contributed by atoms with van der Waals surface area (Å²) in [6, 6.07) is 9.86. The normalized spacial score (nSPS) is 11.4. The molecule has 28 heavy (non-hydrogen) atoms. The second kappa shape index (κ2) is 9.85. The summed E-state index contributed by atoms with van der Waals surface area (Å²) in [7, 11) is 0. The third-order valence-corrected chi connectivity index (χ3v) is 4.03. The van der Waals surface area contributed by atoms with E-state index in [0.717, 1.165) is 12.1 Å². The highest BCUT2D eigenvalue weighted by Crippen LogP contribution is 2.22. The van der Waals surface area contributed by atoms with Crippen LogP contribution in [0.2, 0.25) is 5.02 Å². The number of esters is 1. The van der Waals surface area contributed by atoms with E-state index in [1.165, 1.54) is 13.0 Å². The van der Waals surface area contributed by atoms with Gasteiger partial charge in [-0.1, -0.05) is 18.5 Å². The summed E-state index contributed by atoms with van der Waals surface area (Å²) >= 11 is 5.84. The van der Waals surface area contributed by atoms with Crippen molar-refractivity contribution in [2.45, 2.75) is 26.4 Å². The molecule has 0 aliphatic carbocycles. The van der Waals surface area contributed by atoms with Gasteiger partial charge in [0.15, 0.2) is 18.5 Å². The zero-order chi connectivity index (χ0) is 20.7. The van der Waals surface area contributed by atoms with Crippen LogP contribution >= 0.6 is 11.6 Å². The number of rotatable bonds is 8.